The highest BCUT2D eigenvalue weighted by Crippen LogP contribution is 2.15. The predicted molar refractivity (Wildman–Crippen MR) is 72.4 cm³/mol. The number of hydrogen-bond donors (Lipinski definition) is 1. The molecule has 0 fully saturated rings. The van der Waals surface area contributed by atoms with Crippen LogP contribution in [0, 0.1) is 0 Å². The number of benzene rings is 1. The Hall–Kier alpha value is -0.980. The van der Waals surface area contributed by atoms with Crippen molar-refractivity contribution >= 4 is 27.2 Å². The Balaban J connectivity index is 3.04. The average Bonchev–Trinajstić information content (AvgIpc) is 2.29. The molecule has 0 amide bonds. The van der Waals surface area contributed by atoms with Crippen LogP contribution in [-0.4, -0.2) is 31.3 Å². The van der Waals surface area contributed by atoms with Crippen molar-refractivity contribution in [2.75, 3.05) is 13.6 Å². The van der Waals surface area contributed by atoms with Crippen molar-refractivity contribution < 1.29 is 8.42 Å². The molecule has 2 N–H and O–H groups in total. The molecule has 0 atom stereocenters. The number of thiocarbonyl (C=S) groups is 1. The summed E-state index contributed by atoms with van der Waals surface area (Å²) in [4.78, 5) is 0.518. The molecule has 4 nitrogen and oxygen atoms in total. The van der Waals surface area contributed by atoms with Gasteiger partial charge in [0, 0.05) is 19.2 Å². The minimum absolute atomic E-state index is 0.258. The summed E-state index contributed by atoms with van der Waals surface area (Å²) >= 11 is 4.81. The second-order valence-electron chi connectivity index (χ2n) is 3.72. The van der Waals surface area contributed by atoms with E-state index < -0.39 is 10.0 Å². The van der Waals surface area contributed by atoms with E-state index in [4.69, 9.17) is 18.0 Å². The van der Waals surface area contributed by atoms with Gasteiger partial charge in [0.1, 0.15) is 4.99 Å². The SMILES string of the molecule is CCCN(C)S(=O)(=O)c1ccc(C(N)=S)cc1. The van der Waals surface area contributed by atoms with Crippen LogP contribution in [0.25, 0.3) is 0 Å². The van der Waals surface area contributed by atoms with Gasteiger partial charge in [0.25, 0.3) is 0 Å². The molecule has 0 aliphatic rings. The molecule has 1 aromatic carbocycles. The Bertz CT molecular complexity index is 495. The van der Waals surface area contributed by atoms with E-state index in [1.807, 2.05) is 6.92 Å². The summed E-state index contributed by atoms with van der Waals surface area (Å²) in [6, 6.07) is 6.29. The third kappa shape index (κ3) is 3.24. The molecule has 1 rings (SSSR count). The maximum absolute atomic E-state index is 12.1. The summed E-state index contributed by atoms with van der Waals surface area (Å²) in [5.74, 6) is 0. The number of nitrogens with zero attached hydrogens (tertiary/aromatic N) is 1. The molecule has 0 aliphatic carbocycles. The monoisotopic (exact) mass is 272 g/mol. The van der Waals surface area contributed by atoms with Crippen LogP contribution in [0.2, 0.25) is 0 Å². The predicted octanol–water partition coefficient (Wildman–Crippen LogP) is 1.35. The summed E-state index contributed by atoms with van der Waals surface area (Å²) in [6.07, 6.45) is 0.778. The van der Waals surface area contributed by atoms with Crippen molar-refractivity contribution in [3.8, 4) is 0 Å². The maximum atomic E-state index is 12.1. The molecule has 0 aromatic heterocycles. The third-order valence-electron chi connectivity index (χ3n) is 2.39. The van der Waals surface area contributed by atoms with Crippen LogP contribution in [0.1, 0.15) is 18.9 Å². The molecule has 0 spiro atoms. The smallest absolute Gasteiger partial charge is 0.242 e. The molecule has 0 saturated heterocycles. The van der Waals surface area contributed by atoms with Gasteiger partial charge in [0.2, 0.25) is 10.0 Å². The molecule has 6 heteroatoms. The molecule has 0 heterocycles. The van der Waals surface area contributed by atoms with E-state index >= 15 is 0 Å². The van der Waals surface area contributed by atoms with E-state index in [0.717, 1.165) is 6.42 Å². The lowest BCUT2D eigenvalue weighted by Crippen LogP contribution is -2.27. The zero-order valence-corrected chi connectivity index (χ0v) is 11.5. The van der Waals surface area contributed by atoms with Crippen LogP contribution in [0.4, 0.5) is 0 Å². The van der Waals surface area contributed by atoms with Gasteiger partial charge in [-0.05, 0) is 18.6 Å². The van der Waals surface area contributed by atoms with Crippen LogP contribution in [0.3, 0.4) is 0 Å². The van der Waals surface area contributed by atoms with Crippen molar-refractivity contribution in [1.29, 1.82) is 0 Å². The molecule has 0 bridgehead atoms. The first-order valence-corrected chi connectivity index (χ1v) is 7.10. The Morgan fingerprint density at radius 2 is 1.88 bits per heavy atom. The van der Waals surface area contributed by atoms with Gasteiger partial charge in [-0.2, -0.15) is 0 Å². The van der Waals surface area contributed by atoms with Gasteiger partial charge in [-0.3, -0.25) is 0 Å². The van der Waals surface area contributed by atoms with Crippen molar-refractivity contribution in [3.63, 3.8) is 0 Å². The van der Waals surface area contributed by atoms with Gasteiger partial charge in [-0.15, -0.1) is 0 Å². The first-order chi connectivity index (χ1) is 7.89. The van der Waals surface area contributed by atoms with E-state index in [1.165, 1.54) is 16.4 Å². The van der Waals surface area contributed by atoms with Gasteiger partial charge < -0.3 is 5.73 Å². The fourth-order valence-corrected chi connectivity index (χ4v) is 2.81. The number of hydrogen-bond acceptors (Lipinski definition) is 3. The van der Waals surface area contributed by atoms with E-state index in [9.17, 15) is 8.42 Å². The number of nitrogens with two attached hydrogens (primary N) is 1. The zero-order valence-electron chi connectivity index (χ0n) is 9.88. The molecular weight excluding hydrogens is 256 g/mol. The van der Waals surface area contributed by atoms with Crippen LogP contribution in [0.15, 0.2) is 29.2 Å². The molecule has 1 aromatic rings. The van der Waals surface area contributed by atoms with E-state index in [2.05, 4.69) is 0 Å². The summed E-state index contributed by atoms with van der Waals surface area (Å²) in [7, 11) is -1.82. The minimum Gasteiger partial charge on any atom is -0.389 e. The van der Waals surface area contributed by atoms with Gasteiger partial charge in [0.15, 0.2) is 0 Å². The number of sulfonamides is 1. The Morgan fingerprint density at radius 3 is 2.29 bits per heavy atom. The third-order valence-corrected chi connectivity index (χ3v) is 4.49. The van der Waals surface area contributed by atoms with Crippen LogP contribution in [-0.2, 0) is 10.0 Å². The molecule has 0 aliphatic heterocycles. The van der Waals surface area contributed by atoms with Crippen molar-refractivity contribution in [2.24, 2.45) is 5.73 Å². The quantitative estimate of drug-likeness (QED) is 0.822. The van der Waals surface area contributed by atoms with E-state index in [0.29, 0.717) is 12.1 Å². The number of rotatable bonds is 5. The van der Waals surface area contributed by atoms with Crippen molar-refractivity contribution in [2.45, 2.75) is 18.2 Å². The van der Waals surface area contributed by atoms with Crippen LogP contribution in [0.5, 0.6) is 0 Å². The second-order valence-corrected chi connectivity index (χ2v) is 6.20. The average molecular weight is 272 g/mol. The summed E-state index contributed by atoms with van der Waals surface area (Å²) in [6.45, 7) is 2.43. The fraction of sp³-hybridized carbons (Fsp3) is 0.364. The maximum Gasteiger partial charge on any atom is 0.242 e. The van der Waals surface area contributed by atoms with Crippen molar-refractivity contribution in [1.82, 2.24) is 4.31 Å². The van der Waals surface area contributed by atoms with Gasteiger partial charge in [-0.25, -0.2) is 12.7 Å². The highest BCUT2D eigenvalue weighted by Gasteiger charge is 2.19. The first-order valence-electron chi connectivity index (χ1n) is 5.25. The van der Waals surface area contributed by atoms with E-state index in [-0.39, 0.29) is 9.88 Å². The molecule has 94 valence electrons. The lowest BCUT2D eigenvalue weighted by molar-refractivity contribution is 0.468. The highest BCUT2D eigenvalue weighted by atomic mass is 32.2. The minimum atomic E-state index is -3.39. The first kappa shape index (κ1) is 14.1. The second kappa shape index (κ2) is 5.57. The van der Waals surface area contributed by atoms with Gasteiger partial charge >= 0.3 is 0 Å². The Kier molecular flexibility index (Phi) is 4.62. The molecular formula is C11H16N2O2S2. The molecule has 17 heavy (non-hydrogen) atoms. The fourth-order valence-electron chi connectivity index (χ4n) is 1.41. The van der Waals surface area contributed by atoms with Gasteiger partial charge in [0.05, 0.1) is 4.90 Å². The Morgan fingerprint density at radius 1 is 1.35 bits per heavy atom. The lowest BCUT2D eigenvalue weighted by atomic mass is 10.2. The van der Waals surface area contributed by atoms with Gasteiger partial charge in [-0.1, -0.05) is 31.3 Å². The summed E-state index contributed by atoms with van der Waals surface area (Å²) in [5.41, 5.74) is 6.12. The molecule has 0 saturated carbocycles. The summed E-state index contributed by atoms with van der Waals surface area (Å²) < 4.78 is 25.5. The highest BCUT2D eigenvalue weighted by molar-refractivity contribution is 7.89. The Labute approximate surface area is 107 Å². The van der Waals surface area contributed by atoms with E-state index in [1.54, 1.807) is 19.2 Å². The summed E-state index contributed by atoms with van der Waals surface area (Å²) in [5, 5.41) is 0. The van der Waals surface area contributed by atoms with Crippen molar-refractivity contribution in [3.05, 3.63) is 29.8 Å². The van der Waals surface area contributed by atoms with Crippen LogP contribution >= 0.6 is 12.2 Å². The lowest BCUT2D eigenvalue weighted by Gasteiger charge is -2.16. The van der Waals surface area contributed by atoms with Crippen LogP contribution < -0.4 is 5.73 Å². The molecule has 0 radical (unpaired) electrons. The topological polar surface area (TPSA) is 63.4 Å². The molecule has 0 unspecified atom stereocenters. The normalized spacial score (nSPS) is 11.7. The zero-order chi connectivity index (χ0) is 13.1. The largest absolute Gasteiger partial charge is 0.389 e. The standard InChI is InChI=1S/C11H16N2O2S2/c1-3-8-13(2)17(14,15)10-6-4-9(5-7-10)11(12)16/h4-7H,3,8H2,1-2H3,(H2,12,16).